The van der Waals surface area contributed by atoms with E-state index >= 15 is 0 Å². The fourth-order valence-corrected chi connectivity index (χ4v) is 3.63. The molecule has 0 radical (unpaired) electrons. The zero-order chi connectivity index (χ0) is 19.6. The van der Waals surface area contributed by atoms with Gasteiger partial charge in [-0.25, -0.2) is 0 Å². The van der Waals surface area contributed by atoms with E-state index in [1.807, 2.05) is 24.3 Å². The summed E-state index contributed by atoms with van der Waals surface area (Å²) in [7, 11) is 0. The number of para-hydroxylation sites is 1. The summed E-state index contributed by atoms with van der Waals surface area (Å²) in [5.41, 5.74) is 1.60. The first-order valence-electron chi connectivity index (χ1n) is 8.30. The molecule has 1 saturated heterocycles. The van der Waals surface area contributed by atoms with E-state index in [-0.39, 0.29) is 17.6 Å². The molecule has 1 aromatic carbocycles. The zero-order valence-electron chi connectivity index (χ0n) is 14.8. The van der Waals surface area contributed by atoms with E-state index in [1.54, 1.807) is 30.7 Å². The van der Waals surface area contributed by atoms with E-state index in [9.17, 15) is 14.4 Å². The van der Waals surface area contributed by atoms with Crippen molar-refractivity contribution >= 4 is 45.9 Å². The lowest BCUT2D eigenvalue weighted by Gasteiger charge is -2.13. The molecule has 0 aliphatic carbocycles. The molecular formula is C19H17N3O4S. The van der Waals surface area contributed by atoms with Gasteiger partial charge < -0.3 is 9.30 Å². The average Bonchev–Trinajstić information content (AvgIpc) is 3.08. The Morgan fingerprint density at radius 1 is 1.33 bits per heavy atom. The number of thioether (sulfide) groups is 1. The second-order valence-corrected chi connectivity index (χ2v) is 7.19. The van der Waals surface area contributed by atoms with Crippen LogP contribution in [0.1, 0.15) is 19.4 Å². The fourth-order valence-electron chi connectivity index (χ4n) is 2.80. The Kier molecular flexibility index (Phi) is 5.33. The van der Waals surface area contributed by atoms with Crippen LogP contribution in [0.2, 0.25) is 0 Å². The van der Waals surface area contributed by atoms with E-state index in [0.29, 0.717) is 0 Å². The molecule has 1 aliphatic heterocycles. The second-order valence-electron chi connectivity index (χ2n) is 6.19. The van der Waals surface area contributed by atoms with Gasteiger partial charge in [0.25, 0.3) is 11.1 Å². The van der Waals surface area contributed by atoms with Gasteiger partial charge >= 0.3 is 5.97 Å². The monoisotopic (exact) mass is 383 g/mol. The van der Waals surface area contributed by atoms with E-state index in [2.05, 4.69) is 6.07 Å². The van der Waals surface area contributed by atoms with Crippen molar-refractivity contribution in [1.29, 1.82) is 5.26 Å². The number of carbonyl (C=O) groups is 3. The Balaban J connectivity index is 1.89. The van der Waals surface area contributed by atoms with Crippen LogP contribution in [0.15, 0.2) is 35.4 Å². The number of amides is 2. The molecule has 1 aromatic heterocycles. The normalized spacial score (nSPS) is 15.8. The van der Waals surface area contributed by atoms with Crippen LogP contribution in [-0.4, -0.2) is 39.2 Å². The molecule has 1 fully saturated rings. The summed E-state index contributed by atoms with van der Waals surface area (Å²) in [5.74, 6) is -1.15. The van der Waals surface area contributed by atoms with Gasteiger partial charge in [-0.2, -0.15) is 5.26 Å². The van der Waals surface area contributed by atoms with Crippen molar-refractivity contribution in [1.82, 2.24) is 9.47 Å². The van der Waals surface area contributed by atoms with Crippen LogP contribution in [0.4, 0.5) is 4.79 Å². The van der Waals surface area contributed by atoms with Crippen molar-refractivity contribution in [3.8, 4) is 6.07 Å². The first-order chi connectivity index (χ1) is 12.9. The van der Waals surface area contributed by atoms with Gasteiger partial charge in [0.05, 0.1) is 17.1 Å². The molecule has 27 heavy (non-hydrogen) atoms. The van der Waals surface area contributed by atoms with Crippen LogP contribution >= 0.6 is 11.8 Å². The largest absolute Gasteiger partial charge is 0.462 e. The van der Waals surface area contributed by atoms with E-state index in [1.165, 1.54) is 0 Å². The highest BCUT2D eigenvalue weighted by Crippen LogP contribution is 2.34. The Hall–Kier alpha value is -3.05. The van der Waals surface area contributed by atoms with Crippen LogP contribution < -0.4 is 0 Å². The molecule has 8 heteroatoms. The number of aromatic nitrogens is 1. The maximum atomic E-state index is 12.6. The predicted octanol–water partition coefficient (Wildman–Crippen LogP) is 3.15. The number of fused-ring (bicyclic) bond motifs is 1. The molecule has 7 nitrogen and oxygen atoms in total. The van der Waals surface area contributed by atoms with Crippen LogP contribution in [0.5, 0.6) is 0 Å². The number of nitrogens with zero attached hydrogens (tertiary/aromatic N) is 3. The van der Waals surface area contributed by atoms with Crippen LogP contribution in [0.25, 0.3) is 17.0 Å². The smallest absolute Gasteiger partial charge is 0.326 e. The minimum atomic E-state index is -0.626. The molecule has 0 atom stereocenters. The molecular weight excluding hydrogens is 366 g/mol. The van der Waals surface area contributed by atoms with Gasteiger partial charge in [-0.1, -0.05) is 18.2 Å². The minimum absolute atomic E-state index is 0.177. The highest BCUT2D eigenvalue weighted by molar-refractivity contribution is 8.18. The molecule has 2 aromatic rings. The van der Waals surface area contributed by atoms with Gasteiger partial charge in [0.2, 0.25) is 0 Å². The van der Waals surface area contributed by atoms with Crippen LogP contribution in [0.3, 0.4) is 0 Å². The number of rotatable bonds is 5. The number of nitriles is 1. The summed E-state index contributed by atoms with van der Waals surface area (Å²) in [4.78, 5) is 37.6. The van der Waals surface area contributed by atoms with Gasteiger partial charge in [0.1, 0.15) is 13.1 Å². The summed E-state index contributed by atoms with van der Waals surface area (Å²) in [6, 6.07) is 9.61. The summed E-state index contributed by atoms with van der Waals surface area (Å²) >= 11 is 0.785. The topological polar surface area (TPSA) is 92.4 Å². The lowest BCUT2D eigenvalue weighted by molar-refractivity contribution is -0.149. The number of hydrogen-bond donors (Lipinski definition) is 0. The Labute approximate surface area is 160 Å². The number of hydrogen-bond acceptors (Lipinski definition) is 6. The van der Waals surface area contributed by atoms with Gasteiger partial charge in [0, 0.05) is 22.7 Å². The molecule has 0 saturated carbocycles. The van der Waals surface area contributed by atoms with E-state index < -0.39 is 23.7 Å². The Morgan fingerprint density at radius 3 is 2.78 bits per heavy atom. The summed E-state index contributed by atoms with van der Waals surface area (Å²) in [5, 5.41) is 9.36. The molecule has 0 bridgehead atoms. The standard InChI is InChI=1S/C19H17N3O4S/c1-12(2)26-17(23)11-22-18(24)16(27-19(22)25)9-13-10-21(8-7-20)15-6-4-3-5-14(13)15/h3-6,9-10,12H,8,11H2,1-2H3/b16-9+. The predicted molar refractivity (Wildman–Crippen MR) is 101 cm³/mol. The lowest BCUT2D eigenvalue weighted by Crippen LogP contribution is -2.35. The van der Waals surface area contributed by atoms with Crippen LogP contribution in [-0.2, 0) is 20.9 Å². The molecule has 2 amide bonds. The van der Waals surface area contributed by atoms with Crippen molar-refractivity contribution in [2.24, 2.45) is 0 Å². The Morgan fingerprint density at radius 2 is 2.07 bits per heavy atom. The fraction of sp³-hybridized carbons (Fsp3) is 0.263. The molecule has 138 valence electrons. The van der Waals surface area contributed by atoms with Gasteiger partial charge in [-0.3, -0.25) is 19.3 Å². The van der Waals surface area contributed by atoms with Crippen molar-refractivity contribution in [3.05, 3.63) is 40.9 Å². The zero-order valence-corrected chi connectivity index (χ0v) is 15.7. The maximum absolute atomic E-state index is 12.6. The number of benzene rings is 1. The van der Waals surface area contributed by atoms with Gasteiger partial charge in [0.15, 0.2) is 0 Å². The van der Waals surface area contributed by atoms with E-state index in [4.69, 9.17) is 10.00 Å². The maximum Gasteiger partial charge on any atom is 0.326 e. The van der Waals surface area contributed by atoms with Crippen molar-refractivity contribution in [3.63, 3.8) is 0 Å². The summed E-state index contributed by atoms with van der Waals surface area (Å²) in [6.07, 6.45) is 3.07. The molecule has 0 N–H and O–H groups in total. The number of ether oxygens (including phenoxy) is 1. The highest BCUT2D eigenvalue weighted by Gasteiger charge is 2.37. The van der Waals surface area contributed by atoms with Crippen LogP contribution in [0, 0.1) is 11.3 Å². The number of esters is 1. The van der Waals surface area contributed by atoms with Crippen molar-refractivity contribution in [2.75, 3.05) is 6.54 Å². The molecule has 0 unspecified atom stereocenters. The second kappa shape index (κ2) is 7.68. The van der Waals surface area contributed by atoms with Crippen molar-refractivity contribution < 1.29 is 19.1 Å². The Bertz CT molecular complexity index is 1000. The number of imide groups is 1. The minimum Gasteiger partial charge on any atom is -0.462 e. The third-order valence-electron chi connectivity index (χ3n) is 3.88. The third-order valence-corrected chi connectivity index (χ3v) is 4.78. The van der Waals surface area contributed by atoms with E-state index in [0.717, 1.165) is 33.1 Å². The third kappa shape index (κ3) is 3.88. The molecule has 0 spiro atoms. The summed E-state index contributed by atoms with van der Waals surface area (Å²) in [6.45, 7) is 3.17. The number of carbonyl (C=O) groups excluding carboxylic acids is 3. The quantitative estimate of drug-likeness (QED) is 0.582. The van der Waals surface area contributed by atoms with Crippen molar-refractivity contribution in [2.45, 2.75) is 26.5 Å². The first-order valence-corrected chi connectivity index (χ1v) is 9.12. The molecule has 1 aliphatic rings. The van der Waals surface area contributed by atoms with Gasteiger partial charge in [-0.15, -0.1) is 0 Å². The average molecular weight is 383 g/mol. The molecule has 2 heterocycles. The van der Waals surface area contributed by atoms with Gasteiger partial charge in [-0.05, 0) is 37.8 Å². The molecule has 3 rings (SSSR count). The first kappa shape index (κ1) is 18.7. The SMILES string of the molecule is CC(C)OC(=O)CN1C(=O)S/C(=C/c2cn(CC#N)c3ccccc23)C1=O. The highest BCUT2D eigenvalue weighted by atomic mass is 32.2. The summed E-state index contributed by atoms with van der Waals surface area (Å²) < 4.78 is 6.79. The lowest BCUT2D eigenvalue weighted by atomic mass is 10.1.